The summed E-state index contributed by atoms with van der Waals surface area (Å²) in [5.74, 6) is -0.363. The molecule has 0 saturated heterocycles. The standard InChI is InChI=1S/C55H35FN2OS/c56-36-32-49(58(38-18-6-2-7-19-38)39-20-8-3-9-21-39)54-44-30-28-40(34-50(44)59-51(54)33-36)57(37-16-4-1-5-17-37)41-29-31-48-53(35-41)60-52-27-15-14-26-47(52)55(48)45-24-12-10-22-42(45)43-23-11-13-25-46(43)55/h1-35H. The van der Waals surface area contributed by atoms with Gasteiger partial charge in [-0.15, -0.1) is 0 Å². The first kappa shape index (κ1) is 34.7. The second-order valence-corrected chi connectivity index (χ2v) is 16.5. The van der Waals surface area contributed by atoms with Gasteiger partial charge in [-0.1, -0.05) is 139 Å². The van der Waals surface area contributed by atoms with E-state index < -0.39 is 5.41 Å². The number of halogens is 1. The van der Waals surface area contributed by atoms with Gasteiger partial charge < -0.3 is 14.2 Å². The fraction of sp³-hybridized carbons (Fsp3) is 0.0182. The first-order chi connectivity index (χ1) is 29.7. The lowest BCUT2D eigenvalue weighted by Gasteiger charge is -2.40. The van der Waals surface area contributed by atoms with E-state index in [9.17, 15) is 0 Å². The van der Waals surface area contributed by atoms with Gasteiger partial charge in [0.2, 0.25) is 0 Å². The second kappa shape index (κ2) is 13.6. The Bertz CT molecular complexity index is 3190. The highest BCUT2D eigenvalue weighted by atomic mass is 32.2. The van der Waals surface area contributed by atoms with Crippen molar-refractivity contribution in [1.82, 2.24) is 0 Å². The summed E-state index contributed by atoms with van der Waals surface area (Å²) in [6.45, 7) is 0. The third kappa shape index (κ3) is 5.16. The van der Waals surface area contributed by atoms with Gasteiger partial charge in [0.05, 0.1) is 16.5 Å². The summed E-state index contributed by atoms with van der Waals surface area (Å²) in [5.41, 5.74) is 14.1. The van der Waals surface area contributed by atoms with Gasteiger partial charge in [-0.3, -0.25) is 0 Å². The van der Waals surface area contributed by atoms with Crippen molar-refractivity contribution in [2.75, 3.05) is 9.80 Å². The van der Waals surface area contributed by atoms with Crippen molar-refractivity contribution in [1.29, 1.82) is 0 Å². The molecule has 0 fully saturated rings. The Balaban J connectivity index is 1.04. The van der Waals surface area contributed by atoms with Crippen LogP contribution < -0.4 is 9.80 Å². The van der Waals surface area contributed by atoms with E-state index in [1.807, 2.05) is 78.5 Å². The van der Waals surface area contributed by atoms with Crippen molar-refractivity contribution in [3.63, 3.8) is 0 Å². The van der Waals surface area contributed by atoms with Gasteiger partial charge >= 0.3 is 0 Å². The molecule has 60 heavy (non-hydrogen) atoms. The minimum Gasteiger partial charge on any atom is -0.456 e. The third-order valence-electron chi connectivity index (χ3n) is 12.1. The van der Waals surface area contributed by atoms with Crippen LogP contribution in [-0.2, 0) is 5.41 Å². The zero-order chi connectivity index (χ0) is 39.8. The SMILES string of the molecule is Fc1cc(N(c2ccccc2)c2ccccc2)c2c(c1)oc1cc(N(c3ccccc3)c3ccc4c(c3)Sc3ccccc3C43c4ccccc4-c4ccccc43)ccc12. The predicted molar refractivity (Wildman–Crippen MR) is 244 cm³/mol. The molecule has 0 N–H and O–H groups in total. The molecule has 2 aliphatic rings. The smallest absolute Gasteiger partial charge is 0.140 e. The highest BCUT2D eigenvalue weighted by molar-refractivity contribution is 7.99. The first-order valence-electron chi connectivity index (χ1n) is 20.2. The maximum absolute atomic E-state index is 15.7. The maximum Gasteiger partial charge on any atom is 0.140 e. The minimum atomic E-state index is -0.450. The zero-order valence-corrected chi connectivity index (χ0v) is 33.1. The Kier molecular flexibility index (Phi) is 7.87. The molecule has 0 saturated carbocycles. The summed E-state index contributed by atoms with van der Waals surface area (Å²) in [4.78, 5) is 6.86. The number of para-hydroxylation sites is 3. The average molecular weight is 791 g/mol. The number of benzene rings is 9. The average Bonchev–Trinajstić information content (AvgIpc) is 3.81. The van der Waals surface area contributed by atoms with Crippen LogP contribution in [0, 0.1) is 5.82 Å². The Morgan fingerprint density at radius 2 is 0.917 bits per heavy atom. The van der Waals surface area contributed by atoms with Crippen molar-refractivity contribution in [3.05, 3.63) is 240 Å². The monoisotopic (exact) mass is 790 g/mol. The van der Waals surface area contributed by atoms with Gasteiger partial charge in [0.15, 0.2) is 0 Å². The van der Waals surface area contributed by atoms with Crippen LogP contribution >= 0.6 is 11.8 Å². The molecule has 284 valence electrons. The normalized spacial score (nSPS) is 13.2. The van der Waals surface area contributed by atoms with E-state index in [1.165, 1.54) is 49.2 Å². The van der Waals surface area contributed by atoms with Gasteiger partial charge in [-0.05, 0) is 106 Å². The lowest BCUT2D eigenvalue weighted by molar-refractivity contribution is 0.618. The molecule has 0 unspecified atom stereocenters. The molecular weight excluding hydrogens is 756 g/mol. The van der Waals surface area contributed by atoms with Crippen molar-refractivity contribution in [2.24, 2.45) is 0 Å². The Hall–Kier alpha value is -7.34. The Morgan fingerprint density at radius 1 is 0.400 bits per heavy atom. The summed E-state index contributed by atoms with van der Waals surface area (Å²) in [6.07, 6.45) is 0. The van der Waals surface area contributed by atoms with Gasteiger partial charge in [0, 0.05) is 55.7 Å². The van der Waals surface area contributed by atoms with E-state index in [0.29, 0.717) is 16.9 Å². The summed E-state index contributed by atoms with van der Waals surface area (Å²) >= 11 is 1.84. The fourth-order valence-corrected chi connectivity index (χ4v) is 11.0. The lowest BCUT2D eigenvalue weighted by atomic mass is 9.67. The van der Waals surface area contributed by atoms with E-state index in [0.717, 1.165) is 39.2 Å². The molecule has 0 atom stereocenters. The van der Waals surface area contributed by atoms with E-state index in [-0.39, 0.29) is 5.82 Å². The predicted octanol–water partition coefficient (Wildman–Crippen LogP) is 15.5. The highest BCUT2D eigenvalue weighted by Crippen LogP contribution is 2.62. The van der Waals surface area contributed by atoms with E-state index in [1.54, 1.807) is 6.07 Å². The fourth-order valence-electron chi connectivity index (χ4n) is 9.75. The molecule has 1 aromatic heterocycles. The van der Waals surface area contributed by atoms with E-state index in [4.69, 9.17) is 4.42 Å². The number of rotatable bonds is 6. The van der Waals surface area contributed by atoms with Crippen LogP contribution in [-0.4, -0.2) is 0 Å². The molecule has 12 rings (SSSR count). The quantitative estimate of drug-likeness (QED) is 0.167. The summed E-state index contributed by atoms with van der Waals surface area (Å²) < 4.78 is 22.3. The van der Waals surface area contributed by atoms with Crippen LogP contribution in [0.5, 0.6) is 0 Å². The highest BCUT2D eigenvalue weighted by Gasteiger charge is 2.50. The number of furan rings is 1. The molecule has 9 aromatic carbocycles. The zero-order valence-electron chi connectivity index (χ0n) is 32.3. The van der Waals surface area contributed by atoms with Gasteiger partial charge in [0.1, 0.15) is 17.0 Å². The molecule has 5 heteroatoms. The Labute approximate surface area is 351 Å². The number of hydrogen-bond donors (Lipinski definition) is 0. The molecule has 3 nitrogen and oxygen atoms in total. The molecule has 1 aliphatic carbocycles. The van der Waals surface area contributed by atoms with Crippen LogP contribution in [0.15, 0.2) is 227 Å². The molecule has 0 amide bonds. The summed E-state index contributed by atoms with van der Waals surface area (Å²) in [7, 11) is 0. The molecular formula is C55H35FN2OS. The van der Waals surface area contributed by atoms with Crippen molar-refractivity contribution in [3.8, 4) is 11.1 Å². The van der Waals surface area contributed by atoms with Gasteiger partial charge in [-0.25, -0.2) is 4.39 Å². The van der Waals surface area contributed by atoms with Crippen LogP contribution in [0.4, 0.5) is 38.5 Å². The van der Waals surface area contributed by atoms with Crippen molar-refractivity contribution < 1.29 is 8.81 Å². The van der Waals surface area contributed by atoms with Crippen LogP contribution in [0.25, 0.3) is 33.1 Å². The van der Waals surface area contributed by atoms with Crippen LogP contribution in [0.3, 0.4) is 0 Å². The Morgan fingerprint density at radius 3 is 1.57 bits per heavy atom. The molecule has 2 heterocycles. The summed E-state index contributed by atoms with van der Waals surface area (Å²) in [5, 5.41) is 1.76. The second-order valence-electron chi connectivity index (χ2n) is 15.4. The number of nitrogens with zero attached hydrogens (tertiary/aromatic N) is 2. The topological polar surface area (TPSA) is 19.6 Å². The largest absolute Gasteiger partial charge is 0.456 e. The molecule has 0 bridgehead atoms. The van der Waals surface area contributed by atoms with Crippen molar-refractivity contribution in [2.45, 2.75) is 15.2 Å². The van der Waals surface area contributed by atoms with Gasteiger partial charge in [-0.2, -0.15) is 0 Å². The van der Waals surface area contributed by atoms with Crippen LogP contribution in [0.1, 0.15) is 22.3 Å². The van der Waals surface area contributed by atoms with E-state index >= 15 is 4.39 Å². The van der Waals surface area contributed by atoms with Crippen molar-refractivity contribution >= 4 is 67.8 Å². The van der Waals surface area contributed by atoms with Gasteiger partial charge in [0.25, 0.3) is 0 Å². The number of hydrogen-bond acceptors (Lipinski definition) is 4. The minimum absolute atomic E-state index is 0.363. The third-order valence-corrected chi connectivity index (χ3v) is 13.3. The number of fused-ring (bicyclic) bond motifs is 12. The molecule has 10 aromatic rings. The van der Waals surface area contributed by atoms with E-state index in [2.05, 4.69) is 143 Å². The maximum atomic E-state index is 15.7. The number of anilines is 6. The molecule has 1 spiro atoms. The molecule has 0 radical (unpaired) electrons. The first-order valence-corrected chi connectivity index (χ1v) is 21.0. The van der Waals surface area contributed by atoms with Crippen LogP contribution in [0.2, 0.25) is 0 Å². The summed E-state index contributed by atoms with van der Waals surface area (Å²) in [6, 6.07) is 73.8. The molecule has 1 aliphatic heterocycles. The lowest BCUT2D eigenvalue weighted by Crippen LogP contribution is -2.32.